The number of benzene rings is 2. The molecule has 1 atom stereocenters. The topological polar surface area (TPSA) is 78.5 Å². The molecule has 0 aromatic heterocycles. The first kappa shape index (κ1) is 19.4. The lowest BCUT2D eigenvalue weighted by molar-refractivity contribution is -0.133. The van der Waals surface area contributed by atoms with E-state index in [0.29, 0.717) is 5.56 Å². The van der Waals surface area contributed by atoms with E-state index in [-0.39, 0.29) is 10.7 Å². The predicted octanol–water partition coefficient (Wildman–Crippen LogP) is 3.37. The fourth-order valence-electron chi connectivity index (χ4n) is 3.84. The van der Waals surface area contributed by atoms with Crippen LogP contribution < -0.4 is 10.6 Å². The Hall–Kier alpha value is -2.93. The molecule has 4 rings (SSSR count). The molecule has 8 heteroatoms. The van der Waals surface area contributed by atoms with Crippen molar-refractivity contribution in [2.24, 2.45) is 0 Å². The molecule has 0 unspecified atom stereocenters. The van der Waals surface area contributed by atoms with Crippen molar-refractivity contribution in [1.29, 1.82) is 0 Å². The Balaban J connectivity index is 1.50. The van der Waals surface area contributed by atoms with Crippen molar-refractivity contribution in [1.82, 2.24) is 10.2 Å². The molecule has 150 valence electrons. The number of hydrogen-bond donors (Lipinski definition) is 2. The summed E-state index contributed by atoms with van der Waals surface area (Å²) in [7, 11) is 0. The molecule has 1 aliphatic carbocycles. The SMILES string of the molecule is C[C@]1(c2ccc3c(c2)CCC3)NC(=O)N(CC(=O)Nc2ccc(F)c(Cl)c2)C1=O. The molecule has 2 aliphatic rings. The molecule has 0 saturated carbocycles. The van der Waals surface area contributed by atoms with Crippen molar-refractivity contribution < 1.29 is 18.8 Å². The molecule has 1 fully saturated rings. The monoisotopic (exact) mass is 415 g/mol. The number of rotatable bonds is 4. The van der Waals surface area contributed by atoms with E-state index >= 15 is 0 Å². The summed E-state index contributed by atoms with van der Waals surface area (Å²) >= 11 is 5.70. The molecule has 2 aromatic carbocycles. The van der Waals surface area contributed by atoms with Crippen LogP contribution in [-0.4, -0.2) is 29.3 Å². The summed E-state index contributed by atoms with van der Waals surface area (Å²) in [5.74, 6) is -1.69. The zero-order valence-electron chi connectivity index (χ0n) is 15.7. The van der Waals surface area contributed by atoms with E-state index in [1.54, 1.807) is 6.92 Å². The zero-order valence-corrected chi connectivity index (χ0v) is 16.5. The molecular formula is C21H19ClFN3O3. The van der Waals surface area contributed by atoms with Crippen LogP contribution in [0.3, 0.4) is 0 Å². The Bertz CT molecular complexity index is 1040. The van der Waals surface area contributed by atoms with Crippen molar-refractivity contribution >= 4 is 35.1 Å². The quantitative estimate of drug-likeness (QED) is 0.751. The largest absolute Gasteiger partial charge is 0.325 e. The second-order valence-corrected chi connectivity index (χ2v) is 7.87. The van der Waals surface area contributed by atoms with Crippen molar-refractivity contribution in [3.8, 4) is 0 Å². The molecule has 0 bridgehead atoms. The summed E-state index contributed by atoms with van der Waals surface area (Å²) in [5.41, 5.74) is 2.20. The molecular weight excluding hydrogens is 397 g/mol. The van der Waals surface area contributed by atoms with Crippen LogP contribution in [-0.2, 0) is 28.0 Å². The van der Waals surface area contributed by atoms with Crippen molar-refractivity contribution in [3.05, 3.63) is 63.9 Å². The Labute approximate surface area is 172 Å². The van der Waals surface area contributed by atoms with E-state index in [9.17, 15) is 18.8 Å². The highest BCUT2D eigenvalue weighted by Crippen LogP contribution is 2.32. The lowest BCUT2D eigenvalue weighted by Crippen LogP contribution is -2.42. The fraction of sp³-hybridized carbons (Fsp3) is 0.286. The minimum atomic E-state index is -1.23. The third-order valence-corrected chi connectivity index (χ3v) is 5.75. The molecule has 6 nitrogen and oxygen atoms in total. The number of amides is 4. The minimum absolute atomic E-state index is 0.137. The Morgan fingerprint density at radius 1 is 1.21 bits per heavy atom. The van der Waals surface area contributed by atoms with E-state index in [4.69, 9.17) is 11.6 Å². The van der Waals surface area contributed by atoms with Crippen LogP contribution in [0.15, 0.2) is 36.4 Å². The van der Waals surface area contributed by atoms with Crippen LogP contribution in [0.2, 0.25) is 5.02 Å². The van der Waals surface area contributed by atoms with Gasteiger partial charge in [-0.25, -0.2) is 9.18 Å². The van der Waals surface area contributed by atoms with Gasteiger partial charge in [-0.2, -0.15) is 0 Å². The number of nitrogens with one attached hydrogen (secondary N) is 2. The molecule has 29 heavy (non-hydrogen) atoms. The molecule has 0 radical (unpaired) electrons. The summed E-state index contributed by atoms with van der Waals surface area (Å²) in [5, 5.41) is 5.09. The van der Waals surface area contributed by atoms with Crippen LogP contribution in [0, 0.1) is 5.82 Å². The van der Waals surface area contributed by atoms with E-state index in [1.807, 2.05) is 18.2 Å². The summed E-state index contributed by atoms with van der Waals surface area (Å²) in [6, 6.07) is 8.91. The van der Waals surface area contributed by atoms with Gasteiger partial charge in [0.1, 0.15) is 17.9 Å². The first-order valence-electron chi connectivity index (χ1n) is 9.29. The lowest BCUT2D eigenvalue weighted by Gasteiger charge is -2.23. The van der Waals surface area contributed by atoms with Gasteiger partial charge in [-0.05, 0) is 61.1 Å². The van der Waals surface area contributed by atoms with E-state index < -0.39 is 35.7 Å². The van der Waals surface area contributed by atoms with Gasteiger partial charge in [0.15, 0.2) is 0 Å². The Morgan fingerprint density at radius 2 is 1.97 bits per heavy atom. The van der Waals surface area contributed by atoms with Crippen molar-refractivity contribution in [2.75, 3.05) is 11.9 Å². The van der Waals surface area contributed by atoms with Crippen molar-refractivity contribution in [3.63, 3.8) is 0 Å². The van der Waals surface area contributed by atoms with Gasteiger partial charge in [-0.15, -0.1) is 0 Å². The van der Waals surface area contributed by atoms with Gasteiger partial charge in [0.25, 0.3) is 5.91 Å². The average molecular weight is 416 g/mol. The number of imide groups is 1. The molecule has 1 aliphatic heterocycles. The second-order valence-electron chi connectivity index (χ2n) is 7.46. The maximum absolute atomic E-state index is 13.2. The summed E-state index contributed by atoms with van der Waals surface area (Å²) in [4.78, 5) is 38.7. The summed E-state index contributed by atoms with van der Waals surface area (Å²) in [6.45, 7) is 1.18. The number of anilines is 1. The molecule has 1 saturated heterocycles. The third kappa shape index (κ3) is 3.46. The zero-order chi connectivity index (χ0) is 20.8. The highest BCUT2D eigenvalue weighted by atomic mass is 35.5. The maximum Gasteiger partial charge on any atom is 0.325 e. The molecule has 4 amide bonds. The van der Waals surface area contributed by atoms with Crippen LogP contribution in [0.5, 0.6) is 0 Å². The number of carbonyl (C=O) groups excluding carboxylic acids is 3. The number of halogens is 2. The molecule has 1 heterocycles. The number of fused-ring (bicyclic) bond motifs is 1. The van der Waals surface area contributed by atoms with Gasteiger partial charge in [-0.1, -0.05) is 29.8 Å². The number of hydrogen-bond acceptors (Lipinski definition) is 3. The van der Waals surface area contributed by atoms with Crippen LogP contribution in [0.25, 0.3) is 0 Å². The highest BCUT2D eigenvalue weighted by Gasteiger charge is 2.49. The molecule has 2 N–H and O–H groups in total. The number of aryl methyl sites for hydroxylation is 2. The first-order chi connectivity index (χ1) is 13.8. The first-order valence-corrected chi connectivity index (χ1v) is 9.67. The van der Waals surface area contributed by atoms with Gasteiger partial charge >= 0.3 is 6.03 Å². The van der Waals surface area contributed by atoms with E-state index in [0.717, 1.165) is 30.2 Å². The molecule has 0 spiro atoms. The lowest BCUT2D eigenvalue weighted by atomic mass is 9.89. The van der Waals surface area contributed by atoms with Gasteiger partial charge in [0, 0.05) is 5.69 Å². The Kier molecular flexibility index (Phi) is 4.78. The number of urea groups is 1. The van der Waals surface area contributed by atoms with Crippen LogP contribution >= 0.6 is 11.6 Å². The van der Waals surface area contributed by atoms with Gasteiger partial charge < -0.3 is 10.6 Å². The van der Waals surface area contributed by atoms with Crippen LogP contribution in [0.4, 0.5) is 14.9 Å². The second kappa shape index (κ2) is 7.15. The summed E-state index contributed by atoms with van der Waals surface area (Å²) in [6.07, 6.45) is 3.05. The average Bonchev–Trinajstić information content (AvgIpc) is 3.23. The number of nitrogens with zero attached hydrogens (tertiary/aromatic N) is 1. The standard InChI is InChI=1S/C21H19ClFN3O3/c1-21(14-6-5-12-3-2-4-13(12)9-14)19(28)26(20(29)25-21)11-18(27)24-15-7-8-17(23)16(22)10-15/h5-10H,2-4,11H2,1H3,(H,24,27)(H,25,29)/t21-/m1/s1. The van der Waals surface area contributed by atoms with Crippen LogP contribution in [0.1, 0.15) is 30.0 Å². The van der Waals surface area contributed by atoms with E-state index in [1.165, 1.54) is 23.3 Å². The van der Waals surface area contributed by atoms with Crippen molar-refractivity contribution in [2.45, 2.75) is 31.7 Å². The normalized spacial score (nSPS) is 20.6. The maximum atomic E-state index is 13.2. The van der Waals surface area contributed by atoms with Gasteiger partial charge in [0.05, 0.1) is 5.02 Å². The highest BCUT2D eigenvalue weighted by molar-refractivity contribution is 6.31. The molecule has 2 aromatic rings. The van der Waals surface area contributed by atoms with Gasteiger partial charge in [-0.3, -0.25) is 14.5 Å². The summed E-state index contributed by atoms with van der Waals surface area (Å²) < 4.78 is 13.2. The Morgan fingerprint density at radius 3 is 2.72 bits per heavy atom. The van der Waals surface area contributed by atoms with Gasteiger partial charge in [0.2, 0.25) is 5.91 Å². The predicted molar refractivity (Wildman–Crippen MR) is 106 cm³/mol. The third-order valence-electron chi connectivity index (χ3n) is 5.46. The smallest absolute Gasteiger partial charge is 0.324 e. The van der Waals surface area contributed by atoms with E-state index in [2.05, 4.69) is 10.6 Å². The fourth-order valence-corrected chi connectivity index (χ4v) is 4.02. The number of carbonyl (C=O) groups is 3. The minimum Gasteiger partial charge on any atom is -0.324 e.